The Bertz CT molecular complexity index is 608. The van der Waals surface area contributed by atoms with Crippen molar-refractivity contribution < 1.29 is 9.90 Å². The number of phenolic OH excluding ortho intramolecular Hbond substituents is 1. The highest BCUT2D eigenvalue weighted by atomic mass is 79.9. The third-order valence-corrected chi connectivity index (χ3v) is 3.56. The normalized spacial score (nSPS) is 10.3. The van der Waals surface area contributed by atoms with Crippen molar-refractivity contribution in [3.05, 3.63) is 63.6 Å². The molecule has 1 amide bonds. The molecule has 2 aromatic carbocycles. The molecule has 2 aromatic rings. The fourth-order valence-electron chi connectivity index (χ4n) is 1.96. The lowest BCUT2D eigenvalue weighted by Gasteiger charge is -2.08. The van der Waals surface area contributed by atoms with E-state index in [1.54, 1.807) is 12.1 Å². The van der Waals surface area contributed by atoms with Gasteiger partial charge >= 0.3 is 0 Å². The van der Waals surface area contributed by atoms with Crippen molar-refractivity contribution in [1.82, 2.24) is 5.32 Å². The molecule has 3 nitrogen and oxygen atoms in total. The van der Waals surface area contributed by atoms with Crippen molar-refractivity contribution >= 4 is 21.8 Å². The van der Waals surface area contributed by atoms with Gasteiger partial charge in [0.15, 0.2) is 0 Å². The average molecular weight is 334 g/mol. The second kappa shape index (κ2) is 6.57. The molecule has 0 atom stereocenters. The number of hydrogen-bond donors (Lipinski definition) is 2. The highest BCUT2D eigenvalue weighted by molar-refractivity contribution is 9.10. The van der Waals surface area contributed by atoms with Crippen molar-refractivity contribution in [1.29, 1.82) is 0 Å². The Hall–Kier alpha value is -1.81. The number of carbonyl (C=O) groups is 1. The highest BCUT2D eigenvalue weighted by Gasteiger charge is 2.08. The molecule has 0 bridgehead atoms. The monoisotopic (exact) mass is 333 g/mol. The maximum absolute atomic E-state index is 12.1. The molecule has 4 heteroatoms. The Morgan fingerprint density at radius 3 is 2.55 bits per heavy atom. The highest BCUT2D eigenvalue weighted by Crippen LogP contribution is 2.15. The number of aromatic hydroxyl groups is 1. The van der Waals surface area contributed by atoms with Crippen LogP contribution in [0.3, 0.4) is 0 Å². The Morgan fingerprint density at radius 2 is 1.90 bits per heavy atom. The molecule has 0 spiro atoms. The number of halogens is 1. The third-order valence-electron chi connectivity index (χ3n) is 3.07. The summed E-state index contributed by atoms with van der Waals surface area (Å²) < 4.78 is 0.968. The number of hydrogen-bond acceptors (Lipinski definition) is 2. The SMILES string of the molecule is Cc1cc(Br)ccc1C(=O)NCCc1ccc(O)cc1. The van der Waals surface area contributed by atoms with Crippen molar-refractivity contribution in [2.45, 2.75) is 13.3 Å². The molecule has 0 unspecified atom stereocenters. The molecule has 0 saturated heterocycles. The first-order valence-corrected chi connectivity index (χ1v) is 7.18. The first-order valence-electron chi connectivity index (χ1n) is 6.38. The van der Waals surface area contributed by atoms with Crippen LogP contribution in [-0.4, -0.2) is 17.6 Å². The van der Waals surface area contributed by atoms with E-state index in [-0.39, 0.29) is 11.7 Å². The largest absolute Gasteiger partial charge is 0.508 e. The number of nitrogens with one attached hydrogen (secondary N) is 1. The zero-order valence-electron chi connectivity index (χ0n) is 11.2. The van der Waals surface area contributed by atoms with Crippen molar-refractivity contribution in [2.75, 3.05) is 6.54 Å². The number of phenols is 1. The van der Waals surface area contributed by atoms with Crippen molar-refractivity contribution in [3.8, 4) is 5.75 Å². The molecule has 20 heavy (non-hydrogen) atoms. The summed E-state index contributed by atoms with van der Waals surface area (Å²) in [6.45, 7) is 2.48. The minimum atomic E-state index is -0.0613. The zero-order chi connectivity index (χ0) is 14.5. The molecular weight excluding hydrogens is 318 g/mol. The summed E-state index contributed by atoms with van der Waals surface area (Å²) >= 11 is 3.38. The van der Waals surface area contributed by atoms with Gasteiger partial charge in [-0.15, -0.1) is 0 Å². The molecule has 0 aliphatic carbocycles. The average Bonchev–Trinajstić information content (AvgIpc) is 2.41. The van der Waals surface area contributed by atoms with Crippen LogP contribution in [0.15, 0.2) is 46.9 Å². The van der Waals surface area contributed by atoms with Crippen molar-refractivity contribution in [2.24, 2.45) is 0 Å². The summed E-state index contributed by atoms with van der Waals surface area (Å²) in [5.41, 5.74) is 2.72. The molecule has 0 fully saturated rings. The molecule has 0 aromatic heterocycles. The van der Waals surface area contributed by atoms with E-state index in [4.69, 9.17) is 0 Å². The van der Waals surface area contributed by atoms with Crippen LogP contribution in [0.2, 0.25) is 0 Å². The van der Waals surface area contributed by atoms with Crippen LogP contribution in [0.25, 0.3) is 0 Å². The lowest BCUT2D eigenvalue weighted by atomic mass is 10.1. The van der Waals surface area contributed by atoms with Crippen LogP contribution >= 0.6 is 15.9 Å². The van der Waals surface area contributed by atoms with Gasteiger partial charge in [-0.25, -0.2) is 0 Å². The van der Waals surface area contributed by atoms with Gasteiger partial charge in [0.05, 0.1) is 0 Å². The maximum Gasteiger partial charge on any atom is 0.251 e. The van der Waals surface area contributed by atoms with Gasteiger partial charge in [-0.1, -0.05) is 28.1 Å². The first kappa shape index (κ1) is 14.6. The van der Waals surface area contributed by atoms with Crippen LogP contribution in [0.4, 0.5) is 0 Å². The number of benzene rings is 2. The first-order chi connectivity index (χ1) is 9.56. The molecule has 0 saturated carbocycles. The maximum atomic E-state index is 12.1. The summed E-state index contributed by atoms with van der Waals surface area (Å²) in [5, 5.41) is 12.1. The summed E-state index contributed by atoms with van der Waals surface area (Å²) in [5.74, 6) is 0.192. The Morgan fingerprint density at radius 1 is 1.20 bits per heavy atom. The Kier molecular flexibility index (Phi) is 4.79. The number of carbonyl (C=O) groups excluding carboxylic acids is 1. The van der Waals surface area contributed by atoms with E-state index in [0.717, 1.165) is 22.0 Å². The molecular formula is C16H16BrNO2. The topological polar surface area (TPSA) is 49.3 Å². The predicted octanol–water partition coefficient (Wildman–Crippen LogP) is 3.44. The summed E-state index contributed by atoms with van der Waals surface area (Å²) in [6.07, 6.45) is 0.738. The van der Waals surface area contributed by atoms with E-state index >= 15 is 0 Å². The van der Waals surface area contributed by atoms with Gasteiger partial charge in [-0.3, -0.25) is 4.79 Å². The van der Waals surface area contributed by atoms with Crippen LogP contribution < -0.4 is 5.32 Å². The van der Waals surface area contributed by atoms with Gasteiger partial charge in [0.1, 0.15) is 5.75 Å². The van der Waals surface area contributed by atoms with Crippen LogP contribution in [0, 0.1) is 6.92 Å². The fourth-order valence-corrected chi connectivity index (χ4v) is 2.44. The van der Waals surface area contributed by atoms with Gasteiger partial charge in [-0.2, -0.15) is 0 Å². The van der Waals surface area contributed by atoms with Crippen LogP contribution in [-0.2, 0) is 6.42 Å². The smallest absolute Gasteiger partial charge is 0.251 e. The minimum absolute atomic E-state index is 0.0613. The summed E-state index contributed by atoms with van der Waals surface area (Å²) in [7, 11) is 0. The molecule has 104 valence electrons. The van der Waals surface area contributed by atoms with Crippen LogP contribution in [0.5, 0.6) is 5.75 Å². The lowest BCUT2D eigenvalue weighted by Crippen LogP contribution is -2.26. The third kappa shape index (κ3) is 3.84. The van der Waals surface area contributed by atoms with Gasteiger partial charge in [-0.05, 0) is 54.8 Å². The van der Waals surface area contributed by atoms with E-state index in [2.05, 4.69) is 21.2 Å². The number of rotatable bonds is 4. The quantitative estimate of drug-likeness (QED) is 0.900. The predicted molar refractivity (Wildman–Crippen MR) is 83.0 cm³/mol. The van der Waals surface area contributed by atoms with Gasteiger partial charge in [0.2, 0.25) is 0 Å². The van der Waals surface area contributed by atoms with E-state index in [1.807, 2.05) is 37.3 Å². The van der Waals surface area contributed by atoms with Crippen LogP contribution in [0.1, 0.15) is 21.5 Å². The number of amides is 1. The summed E-state index contributed by atoms with van der Waals surface area (Å²) in [4.78, 5) is 12.1. The molecule has 2 rings (SSSR count). The lowest BCUT2D eigenvalue weighted by molar-refractivity contribution is 0.0953. The molecule has 0 radical (unpaired) electrons. The zero-order valence-corrected chi connectivity index (χ0v) is 12.8. The van der Waals surface area contributed by atoms with E-state index < -0.39 is 0 Å². The Balaban J connectivity index is 1.90. The molecule has 0 heterocycles. The molecule has 0 aliphatic heterocycles. The van der Waals surface area contributed by atoms with Crippen molar-refractivity contribution in [3.63, 3.8) is 0 Å². The summed E-state index contributed by atoms with van der Waals surface area (Å²) in [6, 6.07) is 12.6. The van der Waals surface area contributed by atoms with Gasteiger partial charge < -0.3 is 10.4 Å². The van der Waals surface area contributed by atoms with E-state index in [9.17, 15) is 9.90 Å². The standard InChI is InChI=1S/C16H16BrNO2/c1-11-10-13(17)4-7-15(11)16(20)18-9-8-12-2-5-14(19)6-3-12/h2-7,10,19H,8-9H2,1H3,(H,18,20). The van der Waals surface area contributed by atoms with Gasteiger partial charge in [0, 0.05) is 16.6 Å². The second-order valence-corrected chi connectivity index (χ2v) is 5.55. The van der Waals surface area contributed by atoms with E-state index in [1.165, 1.54) is 0 Å². The van der Waals surface area contributed by atoms with E-state index in [0.29, 0.717) is 12.1 Å². The Labute approximate surface area is 126 Å². The van der Waals surface area contributed by atoms with Gasteiger partial charge in [0.25, 0.3) is 5.91 Å². The minimum Gasteiger partial charge on any atom is -0.508 e. The molecule has 0 aliphatic rings. The molecule has 2 N–H and O–H groups in total. The second-order valence-electron chi connectivity index (χ2n) is 4.63. The fraction of sp³-hybridized carbons (Fsp3) is 0.188. The number of aryl methyl sites for hydroxylation is 1.